The third-order valence-electron chi connectivity index (χ3n) is 3.40. The molecule has 2 rings (SSSR count). The average Bonchev–Trinajstić information content (AvgIpc) is 3.21. The van der Waals surface area contributed by atoms with Crippen LogP contribution in [0.2, 0.25) is 0 Å². The standard InChI is InChI=1S/C16H20FNO2/c1-2-3-8-18(14-5-6-14)15-10-12(4-7-16(19)20)9-13(17)11-15/h4,7,9-11,14H,2-3,5-6,8H2,1H3,(H,19,20)/b7-4+. The minimum Gasteiger partial charge on any atom is -0.478 e. The topological polar surface area (TPSA) is 40.5 Å². The van der Waals surface area contributed by atoms with E-state index in [0.29, 0.717) is 11.6 Å². The maximum atomic E-state index is 13.7. The minimum atomic E-state index is -1.03. The predicted molar refractivity (Wildman–Crippen MR) is 78.3 cm³/mol. The first-order chi connectivity index (χ1) is 9.60. The van der Waals surface area contributed by atoms with E-state index in [9.17, 15) is 9.18 Å². The molecule has 1 N–H and O–H groups in total. The second-order valence-electron chi connectivity index (χ2n) is 5.19. The number of benzene rings is 1. The van der Waals surface area contributed by atoms with E-state index in [1.165, 1.54) is 18.2 Å². The Morgan fingerprint density at radius 3 is 2.80 bits per heavy atom. The van der Waals surface area contributed by atoms with Gasteiger partial charge in [-0.1, -0.05) is 13.3 Å². The summed E-state index contributed by atoms with van der Waals surface area (Å²) >= 11 is 0. The Balaban J connectivity index is 2.22. The van der Waals surface area contributed by atoms with Gasteiger partial charge >= 0.3 is 5.97 Å². The molecule has 0 spiro atoms. The van der Waals surface area contributed by atoms with Crippen LogP contribution in [0.25, 0.3) is 6.08 Å². The Labute approximate surface area is 118 Å². The molecule has 0 heterocycles. The number of hydrogen-bond acceptors (Lipinski definition) is 2. The maximum absolute atomic E-state index is 13.7. The number of hydrogen-bond donors (Lipinski definition) is 1. The van der Waals surface area contributed by atoms with Crippen LogP contribution in [0.5, 0.6) is 0 Å². The number of unbranched alkanes of at least 4 members (excludes halogenated alkanes) is 1. The van der Waals surface area contributed by atoms with Gasteiger partial charge in [0.05, 0.1) is 0 Å². The summed E-state index contributed by atoms with van der Waals surface area (Å²) in [5, 5.41) is 8.65. The fraction of sp³-hybridized carbons (Fsp3) is 0.438. The number of carbonyl (C=O) groups is 1. The first-order valence-corrected chi connectivity index (χ1v) is 7.08. The van der Waals surface area contributed by atoms with Gasteiger partial charge in [0.1, 0.15) is 5.82 Å². The molecule has 0 unspecified atom stereocenters. The van der Waals surface area contributed by atoms with Crippen molar-refractivity contribution in [3.05, 3.63) is 35.7 Å². The highest BCUT2D eigenvalue weighted by molar-refractivity contribution is 5.85. The van der Waals surface area contributed by atoms with Crippen molar-refractivity contribution < 1.29 is 14.3 Å². The van der Waals surface area contributed by atoms with Crippen LogP contribution in [0.4, 0.5) is 10.1 Å². The van der Waals surface area contributed by atoms with Crippen molar-refractivity contribution in [3.8, 4) is 0 Å². The van der Waals surface area contributed by atoms with Gasteiger partial charge in [-0.3, -0.25) is 0 Å². The Kier molecular flexibility index (Phi) is 4.77. The molecule has 0 aromatic heterocycles. The third-order valence-corrected chi connectivity index (χ3v) is 3.40. The predicted octanol–water partition coefficient (Wildman–Crippen LogP) is 3.69. The van der Waals surface area contributed by atoms with E-state index >= 15 is 0 Å². The van der Waals surface area contributed by atoms with Crippen LogP contribution >= 0.6 is 0 Å². The molecular formula is C16H20FNO2. The summed E-state index contributed by atoms with van der Waals surface area (Å²) in [4.78, 5) is 12.8. The molecule has 1 aromatic rings. The van der Waals surface area contributed by atoms with Gasteiger partial charge in [0.15, 0.2) is 0 Å². The minimum absolute atomic E-state index is 0.324. The van der Waals surface area contributed by atoms with Crippen molar-refractivity contribution in [2.24, 2.45) is 0 Å². The molecule has 20 heavy (non-hydrogen) atoms. The van der Waals surface area contributed by atoms with Crippen LogP contribution in [0.15, 0.2) is 24.3 Å². The molecule has 1 aliphatic carbocycles. The van der Waals surface area contributed by atoms with E-state index in [-0.39, 0.29) is 5.82 Å². The lowest BCUT2D eigenvalue weighted by Crippen LogP contribution is -2.26. The third kappa shape index (κ3) is 4.08. The highest BCUT2D eigenvalue weighted by atomic mass is 19.1. The van der Waals surface area contributed by atoms with Crippen LogP contribution in [0.1, 0.15) is 38.2 Å². The lowest BCUT2D eigenvalue weighted by molar-refractivity contribution is -0.131. The van der Waals surface area contributed by atoms with Crippen LogP contribution in [-0.2, 0) is 4.79 Å². The van der Waals surface area contributed by atoms with Gasteiger partial charge in [0.25, 0.3) is 0 Å². The molecule has 0 amide bonds. The molecule has 4 heteroatoms. The molecular weight excluding hydrogens is 257 g/mol. The van der Waals surface area contributed by atoms with E-state index < -0.39 is 5.97 Å². The zero-order valence-electron chi connectivity index (χ0n) is 11.7. The first-order valence-electron chi connectivity index (χ1n) is 7.08. The molecule has 0 atom stereocenters. The van der Waals surface area contributed by atoms with Gasteiger partial charge in [-0.2, -0.15) is 0 Å². The molecule has 1 fully saturated rings. The van der Waals surface area contributed by atoms with Crippen molar-refractivity contribution >= 4 is 17.7 Å². The SMILES string of the molecule is CCCCN(c1cc(F)cc(/C=C/C(=O)O)c1)C1CC1. The van der Waals surface area contributed by atoms with Crippen molar-refractivity contribution in [2.45, 2.75) is 38.6 Å². The van der Waals surface area contributed by atoms with Crippen LogP contribution in [0.3, 0.4) is 0 Å². The molecule has 1 saturated carbocycles. The smallest absolute Gasteiger partial charge is 0.328 e. The van der Waals surface area contributed by atoms with E-state index in [1.807, 2.05) is 6.07 Å². The van der Waals surface area contributed by atoms with Gasteiger partial charge in [-0.25, -0.2) is 9.18 Å². The van der Waals surface area contributed by atoms with Crippen molar-refractivity contribution in [2.75, 3.05) is 11.4 Å². The number of rotatable bonds is 7. The van der Waals surface area contributed by atoms with Gasteiger partial charge in [0, 0.05) is 24.4 Å². The van der Waals surface area contributed by atoms with Crippen molar-refractivity contribution in [1.29, 1.82) is 0 Å². The number of carboxylic acid groups (broad SMARTS) is 1. The molecule has 1 aromatic carbocycles. The number of aliphatic carboxylic acids is 1. The number of halogens is 1. The summed E-state index contributed by atoms with van der Waals surface area (Å²) in [5.41, 5.74) is 1.44. The monoisotopic (exact) mass is 277 g/mol. The van der Waals surface area contributed by atoms with Crippen LogP contribution in [0, 0.1) is 5.82 Å². The highest BCUT2D eigenvalue weighted by Crippen LogP contribution is 2.33. The zero-order chi connectivity index (χ0) is 14.5. The Hall–Kier alpha value is -1.84. The average molecular weight is 277 g/mol. The lowest BCUT2D eigenvalue weighted by Gasteiger charge is -2.25. The molecule has 1 aliphatic rings. The highest BCUT2D eigenvalue weighted by Gasteiger charge is 2.29. The van der Waals surface area contributed by atoms with Gasteiger partial charge in [-0.05, 0) is 49.1 Å². The second-order valence-corrected chi connectivity index (χ2v) is 5.19. The fourth-order valence-electron chi connectivity index (χ4n) is 2.26. The maximum Gasteiger partial charge on any atom is 0.328 e. The molecule has 0 bridgehead atoms. The number of nitrogens with zero attached hydrogens (tertiary/aromatic N) is 1. The number of carboxylic acids is 1. The summed E-state index contributed by atoms with van der Waals surface area (Å²) in [6.45, 7) is 3.06. The largest absolute Gasteiger partial charge is 0.478 e. The zero-order valence-corrected chi connectivity index (χ0v) is 11.7. The summed E-state index contributed by atoms with van der Waals surface area (Å²) in [5.74, 6) is -1.35. The van der Waals surface area contributed by atoms with E-state index in [2.05, 4.69) is 11.8 Å². The van der Waals surface area contributed by atoms with Gasteiger partial charge < -0.3 is 10.0 Å². The summed E-state index contributed by atoms with van der Waals surface area (Å²) in [7, 11) is 0. The van der Waals surface area contributed by atoms with Crippen LogP contribution in [-0.4, -0.2) is 23.7 Å². The normalized spacial score (nSPS) is 14.7. The Bertz CT molecular complexity index is 509. The van der Waals surface area contributed by atoms with E-state index in [1.54, 1.807) is 0 Å². The number of anilines is 1. The Morgan fingerprint density at radius 1 is 1.45 bits per heavy atom. The Morgan fingerprint density at radius 2 is 2.20 bits per heavy atom. The summed E-state index contributed by atoms with van der Waals surface area (Å²) in [6, 6.07) is 5.26. The molecule has 108 valence electrons. The van der Waals surface area contributed by atoms with E-state index in [0.717, 1.165) is 44.0 Å². The fourth-order valence-corrected chi connectivity index (χ4v) is 2.26. The molecule has 0 aliphatic heterocycles. The molecule has 3 nitrogen and oxygen atoms in total. The van der Waals surface area contributed by atoms with Gasteiger partial charge in [0.2, 0.25) is 0 Å². The second kappa shape index (κ2) is 6.55. The van der Waals surface area contributed by atoms with Crippen molar-refractivity contribution in [1.82, 2.24) is 0 Å². The first kappa shape index (κ1) is 14.6. The van der Waals surface area contributed by atoms with Gasteiger partial charge in [-0.15, -0.1) is 0 Å². The van der Waals surface area contributed by atoms with Crippen molar-refractivity contribution in [3.63, 3.8) is 0 Å². The molecule has 0 saturated heterocycles. The van der Waals surface area contributed by atoms with E-state index in [4.69, 9.17) is 5.11 Å². The quantitative estimate of drug-likeness (QED) is 0.773. The summed E-state index contributed by atoms with van der Waals surface area (Å²) in [6.07, 6.45) is 6.95. The summed E-state index contributed by atoms with van der Waals surface area (Å²) < 4.78 is 13.7. The lowest BCUT2D eigenvalue weighted by atomic mass is 10.1. The van der Waals surface area contributed by atoms with Crippen LogP contribution < -0.4 is 4.90 Å². The molecule has 0 radical (unpaired) electrons.